The number of carbonyl (C=O) groups is 2. The number of carbonyl (C=O) groups excluding carboxylic acids is 2. The number of methoxy groups -OCH3 is 2. The zero-order valence-electron chi connectivity index (χ0n) is 17.6. The van der Waals surface area contributed by atoms with Gasteiger partial charge in [-0.3, -0.25) is 4.79 Å². The van der Waals surface area contributed by atoms with E-state index in [-0.39, 0.29) is 11.4 Å². The maximum atomic E-state index is 13.3. The third-order valence-corrected chi connectivity index (χ3v) is 7.62. The largest absolute Gasteiger partial charge is 0.469 e. The number of benzene rings is 1. The first kappa shape index (κ1) is 22.1. The summed E-state index contributed by atoms with van der Waals surface area (Å²) in [5.41, 5.74) is 2.98. The van der Waals surface area contributed by atoms with E-state index < -0.39 is 23.3 Å². The predicted molar refractivity (Wildman–Crippen MR) is 115 cm³/mol. The summed E-state index contributed by atoms with van der Waals surface area (Å²) >= 11 is 1.67. The van der Waals surface area contributed by atoms with Gasteiger partial charge in [0.25, 0.3) is 0 Å². The van der Waals surface area contributed by atoms with Crippen LogP contribution in [0.2, 0.25) is 0 Å². The summed E-state index contributed by atoms with van der Waals surface area (Å²) in [6.07, 6.45) is 0.879. The number of hydrogen-bond acceptors (Lipinski definition) is 6. The van der Waals surface area contributed by atoms with Gasteiger partial charge in [0.1, 0.15) is 0 Å². The van der Waals surface area contributed by atoms with E-state index in [2.05, 4.69) is 23.3 Å². The van der Waals surface area contributed by atoms with Crippen LogP contribution in [0.15, 0.2) is 53.0 Å². The van der Waals surface area contributed by atoms with Crippen LogP contribution in [-0.4, -0.2) is 43.1 Å². The molecule has 30 heavy (non-hydrogen) atoms. The topological polar surface area (TPSA) is 87.3 Å². The molecule has 0 aliphatic carbocycles. The average molecular weight is 430 g/mol. The van der Waals surface area contributed by atoms with Crippen LogP contribution in [0.5, 0.6) is 0 Å². The summed E-state index contributed by atoms with van der Waals surface area (Å²) in [6.45, 7) is 4.81. The summed E-state index contributed by atoms with van der Waals surface area (Å²) in [6, 6.07) is 11.9. The fourth-order valence-electron chi connectivity index (χ4n) is 5.15. The van der Waals surface area contributed by atoms with Crippen LogP contribution in [0.25, 0.3) is 0 Å². The molecule has 2 N–H and O–H groups in total. The number of thiophene rings is 1. The quantitative estimate of drug-likeness (QED) is 0.700. The van der Waals surface area contributed by atoms with Crippen molar-refractivity contribution in [3.63, 3.8) is 0 Å². The highest BCUT2D eigenvalue weighted by molar-refractivity contribution is 7.10. The number of esters is 2. The van der Waals surface area contributed by atoms with E-state index in [9.17, 15) is 9.59 Å². The van der Waals surface area contributed by atoms with Crippen LogP contribution in [0.3, 0.4) is 0 Å². The first-order chi connectivity index (χ1) is 13.9. The Morgan fingerprint density at radius 2 is 1.83 bits per heavy atom. The summed E-state index contributed by atoms with van der Waals surface area (Å²) in [5, 5.41) is 2.08. The van der Waals surface area contributed by atoms with E-state index in [1.165, 1.54) is 24.7 Å². The van der Waals surface area contributed by atoms with Gasteiger partial charge in [0, 0.05) is 23.0 Å². The van der Waals surface area contributed by atoms with Crippen molar-refractivity contribution in [2.75, 3.05) is 20.8 Å². The van der Waals surface area contributed by atoms with E-state index in [0.29, 0.717) is 5.57 Å². The molecule has 160 valence electrons. The summed E-state index contributed by atoms with van der Waals surface area (Å²) in [5.74, 6) is -1.75. The van der Waals surface area contributed by atoms with Crippen LogP contribution in [-0.2, 0) is 31.0 Å². The third kappa shape index (κ3) is 3.04. The number of allylic oxidation sites excluding steroid dienone is 1. The smallest absolute Gasteiger partial charge is 0.336 e. The second-order valence-corrected chi connectivity index (χ2v) is 8.62. The molecular formula is C23H27NO5S. The lowest BCUT2D eigenvalue weighted by Crippen LogP contribution is -2.59. The number of fused-ring (bicyclic) bond motifs is 3. The lowest BCUT2D eigenvalue weighted by atomic mass is 9.64. The van der Waals surface area contributed by atoms with Gasteiger partial charge in [0.15, 0.2) is 0 Å². The lowest BCUT2D eigenvalue weighted by Gasteiger charge is -2.55. The average Bonchev–Trinajstić information content (AvgIpc) is 3.23. The molecule has 0 amide bonds. The van der Waals surface area contributed by atoms with Crippen LogP contribution in [0.1, 0.15) is 35.8 Å². The SMILES string of the molecule is COC(=O)C1=C(C)N2CCc3ccsc3C2(C)C(C(=O)OC)C1c1ccccc1.O. The molecule has 0 saturated heterocycles. The standard InChI is InChI=1S/C23H25NO4S.H2O/c1-14-17(21(25)27-3)18(15-8-6-5-7-9-15)19(22(26)28-4)23(2)20-16(11-13-29-20)10-12-24(14)23;/h5-9,11,13,18-19H,10,12H2,1-4H3;1H2. The van der Waals surface area contributed by atoms with Crippen molar-refractivity contribution in [2.24, 2.45) is 5.92 Å². The van der Waals surface area contributed by atoms with E-state index in [1.807, 2.05) is 37.3 Å². The summed E-state index contributed by atoms with van der Waals surface area (Å²) in [7, 11) is 2.80. The van der Waals surface area contributed by atoms with Crippen molar-refractivity contribution in [1.82, 2.24) is 4.90 Å². The fourth-order valence-corrected chi connectivity index (χ4v) is 6.31. The Balaban J connectivity index is 0.00000256. The van der Waals surface area contributed by atoms with Crippen LogP contribution in [0.4, 0.5) is 0 Å². The van der Waals surface area contributed by atoms with Crippen molar-refractivity contribution in [3.05, 3.63) is 69.1 Å². The molecule has 2 aliphatic heterocycles. The van der Waals surface area contributed by atoms with Crippen LogP contribution >= 0.6 is 11.3 Å². The van der Waals surface area contributed by atoms with E-state index in [4.69, 9.17) is 9.47 Å². The maximum absolute atomic E-state index is 13.3. The molecule has 3 unspecified atom stereocenters. The fraction of sp³-hybridized carbons (Fsp3) is 0.391. The maximum Gasteiger partial charge on any atom is 0.336 e. The van der Waals surface area contributed by atoms with Gasteiger partial charge in [-0.25, -0.2) is 4.79 Å². The van der Waals surface area contributed by atoms with Gasteiger partial charge in [-0.05, 0) is 42.8 Å². The molecule has 0 spiro atoms. The Morgan fingerprint density at radius 1 is 1.13 bits per heavy atom. The first-order valence-corrected chi connectivity index (χ1v) is 10.6. The minimum atomic E-state index is -0.600. The van der Waals surface area contributed by atoms with E-state index in [1.54, 1.807) is 11.3 Å². The van der Waals surface area contributed by atoms with Crippen LogP contribution < -0.4 is 0 Å². The van der Waals surface area contributed by atoms with Gasteiger partial charge in [0.05, 0.1) is 31.2 Å². The number of hydrogen-bond donors (Lipinski definition) is 0. The Kier molecular flexibility index (Phi) is 6.06. The summed E-state index contributed by atoms with van der Waals surface area (Å²) < 4.78 is 10.5. The molecule has 1 aromatic carbocycles. The van der Waals surface area contributed by atoms with Crippen LogP contribution in [0, 0.1) is 5.92 Å². The molecule has 1 aromatic heterocycles. The Bertz CT molecular complexity index is 982. The van der Waals surface area contributed by atoms with Crippen molar-refractivity contribution in [3.8, 4) is 0 Å². The molecule has 3 heterocycles. The minimum Gasteiger partial charge on any atom is -0.469 e. The second kappa shape index (κ2) is 8.24. The Hall–Kier alpha value is -2.64. The molecule has 2 aromatic rings. The third-order valence-electron chi connectivity index (χ3n) is 6.44. The number of nitrogens with zero attached hydrogens (tertiary/aromatic N) is 1. The van der Waals surface area contributed by atoms with Crippen molar-refractivity contribution in [1.29, 1.82) is 0 Å². The van der Waals surface area contributed by atoms with Gasteiger partial charge < -0.3 is 19.8 Å². The van der Waals surface area contributed by atoms with Crippen molar-refractivity contribution in [2.45, 2.75) is 31.7 Å². The Morgan fingerprint density at radius 3 is 2.47 bits per heavy atom. The molecular weight excluding hydrogens is 402 g/mol. The highest BCUT2D eigenvalue weighted by atomic mass is 32.1. The molecule has 0 radical (unpaired) electrons. The zero-order chi connectivity index (χ0) is 20.8. The van der Waals surface area contributed by atoms with Gasteiger partial charge in [0.2, 0.25) is 0 Å². The molecule has 3 atom stereocenters. The first-order valence-electron chi connectivity index (χ1n) is 9.71. The Labute approximate surface area is 180 Å². The van der Waals surface area contributed by atoms with Crippen molar-refractivity contribution < 1.29 is 24.5 Å². The molecule has 0 fully saturated rings. The molecule has 4 rings (SSSR count). The number of rotatable bonds is 3. The van der Waals surface area contributed by atoms with Gasteiger partial charge in [-0.2, -0.15) is 0 Å². The highest BCUT2D eigenvalue weighted by Crippen LogP contribution is 2.56. The monoisotopic (exact) mass is 429 g/mol. The van der Waals surface area contributed by atoms with E-state index in [0.717, 1.165) is 24.2 Å². The second-order valence-electron chi connectivity index (χ2n) is 7.70. The van der Waals surface area contributed by atoms with Crippen molar-refractivity contribution >= 4 is 23.3 Å². The minimum absolute atomic E-state index is 0. The summed E-state index contributed by atoms with van der Waals surface area (Å²) in [4.78, 5) is 29.6. The van der Waals surface area contributed by atoms with Gasteiger partial charge >= 0.3 is 11.9 Å². The van der Waals surface area contributed by atoms with E-state index >= 15 is 0 Å². The van der Waals surface area contributed by atoms with Gasteiger partial charge in [-0.15, -0.1) is 11.3 Å². The number of ether oxygens (including phenoxy) is 2. The zero-order valence-corrected chi connectivity index (χ0v) is 18.4. The highest BCUT2D eigenvalue weighted by Gasteiger charge is 2.58. The van der Waals surface area contributed by atoms with Gasteiger partial charge in [-0.1, -0.05) is 30.3 Å². The molecule has 7 heteroatoms. The lowest BCUT2D eigenvalue weighted by molar-refractivity contribution is -0.154. The molecule has 0 saturated carbocycles. The predicted octanol–water partition coefficient (Wildman–Crippen LogP) is 3.03. The molecule has 6 nitrogen and oxygen atoms in total. The normalized spacial score (nSPS) is 25.0. The molecule has 0 bridgehead atoms. The molecule has 2 aliphatic rings.